The maximum atomic E-state index is 7.29. The molecule has 3 aliphatic heterocycles. The zero-order valence-electron chi connectivity index (χ0n) is 26.3. The normalized spacial score (nSPS) is 23.8. The van der Waals surface area contributed by atoms with Crippen molar-refractivity contribution in [3.63, 3.8) is 0 Å². The maximum Gasteiger partial charge on any atom is 0.0674 e. The van der Waals surface area contributed by atoms with E-state index in [2.05, 4.69) is 107 Å². The molecule has 3 fully saturated rings. The number of morpholine rings is 3. The summed E-state index contributed by atoms with van der Waals surface area (Å²) in [6.45, 7) is 9.87. The molecule has 10 heteroatoms. The van der Waals surface area contributed by atoms with Crippen molar-refractivity contribution in [1.29, 1.82) is 0 Å². The molecule has 7 rings (SSSR count). The molecule has 0 radical (unpaired) electrons. The molecule has 0 unspecified atom stereocenters. The SMILES string of the molecule is S=P(C1=C(N2CCOCC2)/C(=C\c2ccc(Br)cc2)CC1)(C1=C(N2CCOCC2)/C(=C\c2ccc(Br)cc2)CC1)N1CCOCC1. The molecule has 0 spiro atoms. The highest BCUT2D eigenvalue weighted by atomic mass is 79.9. The summed E-state index contributed by atoms with van der Waals surface area (Å²) in [4.78, 5) is 5.20. The maximum absolute atomic E-state index is 7.29. The quantitative estimate of drug-likeness (QED) is 0.263. The zero-order valence-corrected chi connectivity index (χ0v) is 31.1. The Labute approximate surface area is 295 Å². The first-order valence-corrected chi connectivity index (χ1v) is 20.8. The van der Waals surface area contributed by atoms with Crippen molar-refractivity contribution >= 4 is 62.0 Å². The van der Waals surface area contributed by atoms with Gasteiger partial charge < -0.3 is 24.0 Å². The summed E-state index contributed by atoms with van der Waals surface area (Å²) in [5.74, 6) is 0. The Morgan fingerprint density at radius 1 is 0.543 bits per heavy atom. The molecule has 2 aliphatic carbocycles. The fourth-order valence-electron chi connectivity index (χ4n) is 7.43. The number of benzene rings is 2. The molecule has 0 atom stereocenters. The van der Waals surface area contributed by atoms with Gasteiger partial charge in [0.15, 0.2) is 0 Å². The smallest absolute Gasteiger partial charge is 0.0674 e. The molecule has 3 saturated heterocycles. The van der Waals surface area contributed by atoms with Crippen molar-refractivity contribution in [2.75, 3.05) is 78.9 Å². The van der Waals surface area contributed by atoms with Crippen molar-refractivity contribution in [2.24, 2.45) is 0 Å². The van der Waals surface area contributed by atoms with Crippen molar-refractivity contribution in [2.45, 2.75) is 25.7 Å². The van der Waals surface area contributed by atoms with E-state index in [0.717, 1.165) is 114 Å². The summed E-state index contributed by atoms with van der Waals surface area (Å²) < 4.78 is 22.6. The third-order valence-corrected chi connectivity index (χ3v) is 16.2. The van der Waals surface area contributed by atoms with Crippen LogP contribution in [-0.4, -0.2) is 93.4 Å². The number of allylic oxidation sites excluding steroid dienone is 4. The Bertz CT molecular complexity index is 1480. The highest BCUT2D eigenvalue weighted by molar-refractivity contribution is 9.10. The summed E-state index contributed by atoms with van der Waals surface area (Å²) in [7, 11) is 0. The average molecular weight is 788 g/mol. The van der Waals surface area contributed by atoms with Gasteiger partial charge in [-0.15, -0.1) is 0 Å². The Balaban J connectivity index is 1.42. The molecule has 2 aromatic rings. The van der Waals surface area contributed by atoms with Crippen LogP contribution in [0.1, 0.15) is 36.8 Å². The minimum Gasteiger partial charge on any atom is -0.379 e. The molecular weight excluding hydrogens is 745 g/mol. The molecule has 0 saturated carbocycles. The summed E-state index contributed by atoms with van der Waals surface area (Å²) in [5, 5.41) is 3.00. The zero-order chi connectivity index (χ0) is 31.5. The molecule has 0 bridgehead atoms. The number of hydrogen-bond acceptors (Lipinski definition) is 6. The predicted molar refractivity (Wildman–Crippen MR) is 198 cm³/mol. The van der Waals surface area contributed by atoms with Crippen molar-refractivity contribution in [3.05, 3.63) is 102 Å². The molecular formula is C36H42Br2N3O3PS. The van der Waals surface area contributed by atoms with Gasteiger partial charge in [0.2, 0.25) is 0 Å². The lowest BCUT2D eigenvalue weighted by molar-refractivity contribution is 0.0546. The van der Waals surface area contributed by atoms with Gasteiger partial charge in [-0.2, -0.15) is 0 Å². The molecule has 244 valence electrons. The van der Waals surface area contributed by atoms with Gasteiger partial charge in [-0.3, -0.25) is 4.67 Å². The molecule has 2 aromatic carbocycles. The van der Waals surface area contributed by atoms with Gasteiger partial charge in [0.05, 0.1) is 45.8 Å². The lowest BCUT2D eigenvalue weighted by Crippen LogP contribution is -2.38. The Morgan fingerprint density at radius 2 is 0.913 bits per heavy atom. The lowest BCUT2D eigenvalue weighted by Gasteiger charge is -2.43. The van der Waals surface area contributed by atoms with E-state index in [1.165, 1.54) is 44.3 Å². The van der Waals surface area contributed by atoms with Crippen molar-refractivity contribution in [3.8, 4) is 0 Å². The largest absolute Gasteiger partial charge is 0.379 e. The molecule has 0 N–H and O–H groups in total. The topological polar surface area (TPSA) is 37.4 Å². The predicted octanol–water partition coefficient (Wildman–Crippen LogP) is 8.08. The summed E-state index contributed by atoms with van der Waals surface area (Å²) in [6, 6.07) is 17.4. The van der Waals surface area contributed by atoms with E-state index in [4.69, 9.17) is 26.0 Å². The van der Waals surface area contributed by atoms with Gasteiger partial charge in [0, 0.05) is 70.2 Å². The van der Waals surface area contributed by atoms with Crippen molar-refractivity contribution in [1.82, 2.24) is 14.5 Å². The molecule has 6 nitrogen and oxygen atoms in total. The monoisotopic (exact) mass is 785 g/mol. The Hall–Kier alpha value is -1.55. The van der Waals surface area contributed by atoms with Crippen LogP contribution < -0.4 is 0 Å². The highest BCUT2D eigenvalue weighted by Gasteiger charge is 2.44. The molecule has 5 aliphatic rings. The van der Waals surface area contributed by atoms with Crippen LogP contribution in [0.15, 0.2) is 90.6 Å². The van der Waals surface area contributed by atoms with Crippen molar-refractivity contribution < 1.29 is 14.2 Å². The number of nitrogens with zero attached hydrogens (tertiary/aromatic N) is 3. The molecule has 46 heavy (non-hydrogen) atoms. The van der Waals surface area contributed by atoms with E-state index in [-0.39, 0.29) is 0 Å². The van der Waals surface area contributed by atoms with E-state index >= 15 is 0 Å². The van der Waals surface area contributed by atoms with E-state index in [1.807, 2.05) is 0 Å². The van der Waals surface area contributed by atoms with Crippen LogP contribution in [0.4, 0.5) is 0 Å². The van der Waals surface area contributed by atoms with Gasteiger partial charge >= 0.3 is 0 Å². The third-order valence-electron chi connectivity index (χ3n) is 9.61. The van der Waals surface area contributed by atoms with Gasteiger partial charge in [-0.25, -0.2) is 0 Å². The second kappa shape index (κ2) is 14.9. The molecule has 0 aromatic heterocycles. The third kappa shape index (κ3) is 6.95. The van der Waals surface area contributed by atoms with E-state index < -0.39 is 6.19 Å². The van der Waals surface area contributed by atoms with Gasteiger partial charge in [-0.05, 0) is 84.4 Å². The minimum absolute atomic E-state index is 0.738. The van der Waals surface area contributed by atoms with Crippen LogP contribution in [0.5, 0.6) is 0 Å². The summed E-state index contributed by atoms with van der Waals surface area (Å²) >= 11 is 14.5. The van der Waals surface area contributed by atoms with Crippen LogP contribution >= 0.6 is 38.0 Å². The van der Waals surface area contributed by atoms with E-state index in [1.54, 1.807) is 0 Å². The van der Waals surface area contributed by atoms with Crippen LogP contribution in [0.3, 0.4) is 0 Å². The fraction of sp³-hybridized carbons (Fsp3) is 0.444. The first-order chi connectivity index (χ1) is 22.5. The van der Waals surface area contributed by atoms with Gasteiger partial charge in [0.25, 0.3) is 0 Å². The number of ether oxygens (including phenoxy) is 3. The minimum atomic E-state index is -2.35. The van der Waals surface area contributed by atoms with Crippen LogP contribution in [0.25, 0.3) is 12.2 Å². The summed E-state index contributed by atoms with van der Waals surface area (Å²) in [6.07, 6.45) is 6.52. The van der Waals surface area contributed by atoms with Gasteiger partial charge in [-0.1, -0.05) is 67.9 Å². The standard InChI is InChI=1S/C36H42Br2N3O3PS/c37-31-7-1-27(2-8-31)25-29-5-11-33(35(29)39-13-19-42-20-14-39)45(46,41-17-23-44-24-18-41)34-12-6-30(26-28-3-9-32(38)10-4-28)36(34)40-15-21-43-22-16-40/h1-4,7-10,25-26H,5-6,11-24H2/b29-25-,30-26-. The van der Waals surface area contributed by atoms with Crippen LogP contribution in [-0.2, 0) is 26.0 Å². The lowest BCUT2D eigenvalue weighted by atomic mass is 10.1. The fourth-order valence-corrected chi connectivity index (χ4v) is 13.2. The second-order valence-electron chi connectivity index (χ2n) is 12.4. The molecule has 0 amide bonds. The second-order valence-corrected chi connectivity index (χ2v) is 18.6. The number of hydrogen-bond donors (Lipinski definition) is 0. The average Bonchev–Trinajstić information content (AvgIpc) is 3.73. The Morgan fingerprint density at radius 3 is 1.30 bits per heavy atom. The molecule has 3 heterocycles. The number of halogens is 2. The number of rotatable bonds is 7. The van der Waals surface area contributed by atoms with Crippen LogP contribution in [0.2, 0.25) is 0 Å². The first-order valence-electron chi connectivity index (χ1n) is 16.5. The highest BCUT2D eigenvalue weighted by Crippen LogP contribution is 2.72. The van der Waals surface area contributed by atoms with Crippen LogP contribution in [0, 0.1) is 0 Å². The van der Waals surface area contributed by atoms with Gasteiger partial charge in [0.1, 0.15) is 0 Å². The summed E-state index contributed by atoms with van der Waals surface area (Å²) in [5.41, 5.74) is 8.11. The Kier molecular flexibility index (Phi) is 10.7. The van der Waals surface area contributed by atoms with E-state index in [0.29, 0.717) is 0 Å². The van der Waals surface area contributed by atoms with E-state index in [9.17, 15) is 0 Å². The first kappa shape index (κ1) is 33.0.